The van der Waals surface area contributed by atoms with Crippen LogP contribution in [-0.4, -0.2) is 50.6 Å². The van der Waals surface area contributed by atoms with Gasteiger partial charge in [-0.15, -0.1) is 0 Å². The van der Waals surface area contributed by atoms with Crippen LogP contribution in [-0.2, 0) is 4.79 Å². The van der Waals surface area contributed by atoms with Crippen molar-refractivity contribution in [3.63, 3.8) is 0 Å². The third-order valence-corrected chi connectivity index (χ3v) is 3.34. The van der Waals surface area contributed by atoms with Gasteiger partial charge in [-0.1, -0.05) is 0 Å². The summed E-state index contributed by atoms with van der Waals surface area (Å²) in [6.07, 6.45) is 0. The van der Waals surface area contributed by atoms with Crippen molar-refractivity contribution < 1.29 is 9.18 Å². The van der Waals surface area contributed by atoms with Crippen molar-refractivity contribution in [1.29, 1.82) is 0 Å². The van der Waals surface area contributed by atoms with E-state index in [1.807, 2.05) is 11.9 Å². The van der Waals surface area contributed by atoms with E-state index in [4.69, 9.17) is 0 Å². The first kappa shape index (κ1) is 13.0. The van der Waals surface area contributed by atoms with Gasteiger partial charge in [0.2, 0.25) is 5.91 Å². The second kappa shape index (κ2) is 5.46. The van der Waals surface area contributed by atoms with Gasteiger partial charge in [0.05, 0.1) is 0 Å². The summed E-state index contributed by atoms with van der Waals surface area (Å²) < 4.78 is 12.8. The highest BCUT2D eigenvalue weighted by atomic mass is 19.1. The largest absolute Gasteiger partial charge is 0.314 e. The molecule has 1 aliphatic rings. The number of halogens is 1. The minimum atomic E-state index is -0.295. The van der Waals surface area contributed by atoms with Crippen LogP contribution in [0.5, 0.6) is 0 Å². The summed E-state index contributed by atoms with van der Waals surface area (Å²) in [4.78, 5) is 16.0. The predicted molar refractivity (Wildman–Crippen MR) is 69.1 cm³/mol. The molecule has 0 aliphatic carbocycles. The Kier molecular flexibility index (Phi) is 3.93. The van der Waals surface area contributed by atoms with Gasteiger partial charge in [0.1, 0.15) is 11.9 Å². The third kappa shape index (κ3) is 2.68. The molecular formula is C13H18FN3O. The standard InChI is InChI=1S/C13H18FN3O/c1-16-8-7-15-9-12(16)13(18)17(2)11-5-3-10(14)4-6-11/h3-6,12,15H,7-9H2,1-2H3. The molecule has 18 heavy (non-hydrogen) atoms. The number of amides is 1. The molecule has 1 aromatic rings. The summed E-state index contributed by atoms with van der Waals surface area (Å²) in [5.74, 6) is -0.271. The van der Waals surface area contributed by atoms with Gasteiger partial charge in [-0.25, -0.2) is 4.39 Å². The van der Waals surface area contributed by atoms with Crippen molar-refractivity contribution in [2.45, 2.75) is 6.04 Å². The Balaban J connectivity index is 2.10. The lowest BCUT2D eigenvalue weighted by Crippen LogP contribution is -2.56. The molecule has 0 bridgehead atoms. The molecule has 1 fully saturated rings. The Bertz CT molecular complexity index is 421. The van der Waals surface area contributed by atoms with Gasteiger partial charge >= 0.3 is 0 Å². The van der Waals surface area contributed by atoms with Crippen molar-refractivity contribution in [3.8, 4) is 0 Å². The van der Waals surface area contributed by atoms with E-state index >= 15 is 0 Å². The fourth-order valence-corrected chi connectivity index (χ4v) is 2.10. The van der Waals surface area contributed by atoms with Crippen molar-refractivity contribution in [2.75, 3.05) is 38.6 Å². The van der Waals surface area contributed by atoms with Crippen molar-refractivity contribution in [1.82, 2.24) is 10.2 Å². The van der Waals surface area contributed by atoms with Gasteiger partial charge in [-0.2, -0.15) is 0 Å². The third-order valence-electron chi connectivity index (χ3n) is 3.34. The Hall–Kier alpha value is -1.46. The molecule has 98 valence electrons. The first-order valence-corrected chi connectivity index (χ1v) is 6.03. The predicted octanol–water partition coefficient (Wildman–Crippen LogP) is 0.692. The molecule has 5 heteroatoms. The minimum absolute atomic E-state index is 0.0244. The molecule has 1 heterocycles. The molecule has 0 spiro atoms. The molecule has 1 saturated heterocycles. The van der Waals surface area contributed by atoms with Crippen LogP contribution in [0.4, 0.5) is 10.1 Å². The van der Waals surface area contributed by atoms with E-state index in [0.717, 1.165) is 13.1 Å². The zero-order chi connectivity index (χ0) is 13.1. The number of rotatable bonds is 2. The van der Waals surface area contributed by atoms with E-state index in [9.17, 15) is 9.18 Å². The molecule has 1 atom stereocenters. The first-order chi connectivity index (χ1) is 8.59. The summed E-state index contributed by atoms with van der Waals surface area (Å²) in [5.41, 5.74) is 0.709. The second-order valence-corrected chi connectivity index (χ2v) is 4.57. The first-order valence-electron chi connectivity index (χ1n) is 6.03. The number of carbonyl (C=O) groups excluding carboxylic acids is 1. The fourth-order valence-electron chi connectivity index (χ4n) is 2.10. The number of benzene rings is 1. The average molecular weight is 251 g/mol. The van der Waals surface area contributed by atoms with Crippen LogP contribution < -0.4 is 10.2 Å². The van der Waals surface area contributed by atoms with Gasteiger partial charge in [0.25, 0.3) is 0 Å². The summed E-state index contributed by atoms with van der Waals surface area (Å²) in [7, 11) is 3.67. The summed E-state index contributed by atoms with van der Waals surface area (Å²) >= 11 is 0. The van der Waals surface area contributed by atoms with E-state index in [0.29, 0.717) is 12.2 Å². The SMILES string of the molecule is CN(C(=O)C1CNCCN1C)c1ccc(F)cc1. The van der Waals surface area contributed by atoms with E-state index < -0.39 is 0 Å². The fraction of sp³-hybridized carbons (Fsp3) is 0.462. The van der Waals surface area contributed by atoms with Crippen LogP contribution in [0.15, 0.2) is 24.3 Å². The zero-order valence-corrected chi connectivity index (χ0v) is 10.7. The quantitative estimate of drug-likeness (QED) is 0.840. The molecular weight excluding hydrogens is 233 g/mol. The van der Waals surface area contributed by atoms with Crippen molar-refractivity contribution >= 4 is 11.6 Å². The van der Waals surface area contributed by atoms with Crippen LogP contribution in [0.3, 0.4) is 0 Å². The van der Waals surface area contributed by atoms with Gasteiger partial charge in [-0.05, 0) is 31.3 Å². The van der Waals surface area contributed by atoms with Crippen molar-refractivity contribution in [3.05, 3.63) is 30.1 Å². The molecule has 2 rings (SSSR count). The monoisotopic (exact) mass is 251 g/mol. The van der Waals surface area contributed by atoms with Gasteiger partial charge in [0.15, 0.2) is 0 Å². The average Bonchev–Trinajstić information content (AvgIpc) is 2.38. The highest BCUT2D eigenvalue weighted by molar-refractivity contribution is 5.96. The van der Waals surface area contributed by atoms with E-state index in [1.54, 1.807) is 24.1 Å². The topological polar surface area (TPSA) is 35.6 Å². The Labute approximate surface area is 106 Å². The number of likely N-dealkylation sites (N-methyl/N-ethyl adjacent to an activating group) is 2. The van der Waals surface area contributed by atoms with Crippen LogP contribution >= 0.6 is 0 Å². The number of hydrogen-bond donors (Lipinski definition) is 1. The lowest BCUT2D eigenvalue weighted by atomic mass is 10.1. The molecule has 0 saturated carbocycles. The normalized spacial score (nSPS) is 20.7. The maximum atomic E-state index is 12.8. The van der Waals surface area contributed by atoms with Crippen molar-refractivity contribution in [2.24, 2.45) is 0 Å². The van der Waals surface area contributed by atoms with Crippen LogP contribution in [0, 0.1) is 5.82 Å². The number of carbonyl (C=O) groups is 1. The van der Waals surface area contributed by atoms with Crippen LogP contribution in [0.2, 0.25) is 0 Å². The highest BCUT2D eigenvalue weighted by Crippen LogP contribution is 2.15. The summed E-state index contributed by atoms with van der Waals surface area (Å²) in [6.45, 7) is 2.41. The lowest BCUT2D eigenvalue weighted by molar-refractivity contribution is -0.123. The Morgan fingerprint density at radius 2 is 2.11 bits per heavy atom. The van der Waals surface area contributed by atoms with Gasteiger partial charge in [-0.3, -0.25) is 9.69 Å². The van der Waals surface area contributed by atoms with E-state index in [2.05, 4.69) is 5.32 Å². The maximum Gasteiger partial charge on any atom is 0.245 e. The number of anilines is 1. The highest BCUT2D eigenvalue weighted by Gasteiger charge is 2.28. The molecule has 1 aliphatic heterocycles. The molecule has 4 nitrogen and oxygen atoms in total. The Morgan fingerprint density at radius 3 is 2.72 bits per heavy atom. The van der Waals surface area contributed by atoms with E-state index in [-0.39, 0.29) is 17.8 Å². The number of hydrogen-bond acceptors (Lipinski definition) is 3. The Morgan fingerprint density at radius 1 is 1.44 bits per heavy atom. The molecule has 0 aromatic heterocycles. The summed E-state index contributed by atoms with van der Waals surface area (Å²) in [5, 5.41) is 3.21. The number of nitrogens with zero attached hydrogens (tertiary/aromatic N) is 2. The number of nitrogens with one attached hydrogen (secondary N) is 1. The number of piperazine rings is 1. The molecule has 0 radical (unpaired) electrons. The minimum Gasteiger partial charge on any atom is -0.314 e. The zero-order valence-electron chi connectivity index (χ0n) is 10.7. The van der Waals surface area contributed by atoms with E-state index in [1.165, 1.54) is 12.1 Å². The second-order valence-electron chi connectivity index (χ2n) is 4.57. The van der Waals surface area contributed by atoms with Crippen LogP contribution in [0.25, 0.3) is 0 Å². The van der Waals surface area contributed by atoms with Gasteiger partial charge < -0.3 is 10.2 Å². The molecule has 1 N–H and O–H groups in total. The summed E-state index contributed by atoms with van der Waals surface area (Å²) in [6, 6.07) is 5.80. The smallest absolute Gasteiger partial charge is 0.245 e. The maximum absolute atomic E-state index is 12.8. The lowest BCUT2D eigenvalue weighted by Gasteiger charge is -2.34. The van der Waals surface area contributed by atoms with Gasteiger partial charge in [0, 0.05) is 32.4 Å². The molecule has 1 amide bonds. The molecule has 1 unspecified atom stereocenters. The molecule has 1 aromatic carbocycles. The van der Waals surface area contributed by atoms with Crippen LogP contribution in [0.1, 0.15) is 0 Å².